The molecule has 0 aliphatic carbocycles. The quantitative estimate of drug-likeness (QED) is 0.0220. The maximum atomic E-state index is 14.7. The number of carboxylic acid groups (broad SMARTS) is 3. The third-order valence-corrected chi connectivity index (χ3v) is 13.9. The smallest absolute Gasteiger partial charge is 0.326 e. The number of carbonyl (C=O) groups excluding carboxylic acids is 8. The maximum absolute atomic E-state index is 14.7. The van der Waals surface area contributed by atoms with E-state index in [2.05, 4.69) is 55.2 Å². The lowest BCUT2D eigenvalue weighted by atomic mass is 10.0. The van der Waals surface area contributed by atoms with Crippen LogP contribution in [0.2, 0.25) is 0 Å². The minimum Gasteiger partial charge on any atom is -0.481 e. The lowest BCUT2D eigenvalue weighted by Crippen LogP contribution is -2.61. The number of rotatable bonds is 40. The van der Waals surface area contributed by atoms with Crippen LogP contribution in [-0.2, 0) is 78.4 Å². The van der Waals surface area contributed by atoms with E-state index in [9.17, 15) is 68.1 Å². The summed E-state index contributed by atoms with van der Waals surface area (Å²) in [6.45, 7) is 0.535. The summed E-state index contributed by atoms with van der Waals surface area (Å²) in [6.07, 6.45) is -1.17. The van der Waals surface area contributed by atoms with E-state index in [4.69, 9.17) is 11.5 Å². The van der Waals surface area contributed by atoms with Gasteiger partial charge in [0.15, 0.2) is 0 Å². The molecular weight excluding hydrogens is 1130 g/mol. The standard InChI is InChI=1S/C61H80N10O14S/c62-32-15-13-25-43(54(77)69-50(38-42-23-11-4-12-24-42)60(83)68-46(61(84)85)26-14-16-33-63)65-58(81)48(36-40-19-7-2-8-20-40)70-56(79)45(28-30-53(75)76)67-59(82)49(37-41-21-9-3-10-22-41)71-55(78)44(27-29-52(73)74)66-57(80)47(64-51(72)31-34-86)35-39-17-5-1-6-18-39/h1-12,17-24,43-50,86H,13-16,25-38,62-63H2,(H,64,72)(H,65,81)(H,66,80)(H,67,82)(H,68,83)(H,69,77)(H,70,79)(H,71,78)(H,73,74)(H,75,76)(H,84,85)/t43-,44-,45-,46-,47-,48-,49-,50-/m0/s1. The van der Waals surface area contributed by atoms with Gasteiger partial charge in [-0.1, -0.05) is 121 Å². The molecule has 86 heavy (non-hydrogen) atoms. The van der Waals surface area contributed by atoms with Gasteiger partial charge in [0.1, 0.15) is 48.3 Å². The van der Waals surface area contributed by atoms with E-state index in [1.165, 1.54) is 0 Å². The molecule has 0 saturated heterocycles. The number of amides is 8. The van der Waals surface area contributed by atoms with E-state index in [-0.39, 0.29) is 57.2 Å². The largest absolute Gasteiger partial charge is 0.481 e. The Bertz CT molecular complexity index is 2840. The molecule has 8 amide bonds. The number of carbonyl (C=O) groups is 11. The van der Waals surface area contributed by atoms with Gasteiger partial charge < -0.3 is 69.3 Å². The summed E-state index contributed by atoms with van der Waals surface area (Å²) in [7, 11) is 0. The molecule has 25 heteroatoms. The highest BCUT2D eigenvalue weighted by Crippen LogP contribution is 2.14. The number of carboxylic acids is 3. The molecule has 8 atom stereocenters. The summed E-state index contributed by atoms with van der Waals surface area (Å²) in [4.78, 5) is 150. The third kappa shape index (κ3) is 26.1. The van der Waals surface area contributed by atoms with Crippen LogP contribution in [0, 0.1) is 0 Å². The zero-order valence-electron chi connectivity index (χ0n) is 47.8. The van der Waals surface area contributed by atoms with Gasteiger partial charge >= 0.3 is 17.9 Å². The number of thiol groups is 1. The molecule has 0 fully saturated rings. The first-order chi connectivity index (χ1) is 41.3. The summed E-state index contributed by atoms with van der Waals surface area (Å²) >= 11 is 4.10. The second kappa shape index (κ2) is 38.3. The molecule has 24 nitrogen and oxygen atoms in total. The van der Waals surface area contributed by atoms with Crippen molar-refractivity contribution >= 4 is 77.8 Å². The zero-order chi connectivity index (χ0) is 62.8. The van der Waals surface area contributed by atoms with Crippen LogP contribution in [0.3, 0.4) is 0 Å². The summed E-state index contributed by atoms with van der Waals surface area (Å²) < 4.78 is 0. The van der Waals surface area contributed by atoms with Gasteiger partial charge in [0.2, 0.25) is 47.3 Å². The van der Waals surface area contributed by atoms with E-state index < -0.39 is 139 Å². The topological polar surface area (TPSA) is 397 Å². The van der Waals surface area contributed by atoms with Crippen LogP contribution in [0.4, 0.5) is 0 Å². The van der Waals surface area contributed by atoms with Crippen LogP contribution in [0.15, 0.2) is 121 Å². The number of hydrogen-bond donors (Lipinski definition) is 14. The Balaban J connectivity index is 1.67. The van der Waals surface area contributed by atoms with Crippen LogP contribution < -0.4 is 54.0 Å². The fourth-order valence-corrected chi connectivity index (χ4v) is 9.30. The molecule has 4 aromatic rings. The number of aliphatic carboxylic acids is 3. The van der Waals surface area contributed by atoms with Crippen molar-refractivity contribution in [2.45, 2.75) is 145 Å². The van der Waals surface area contributed by atoms with Gasteiger partial charge in [-0.25, -0.2) is 4.79 Å². The van der Waals surface area contributed by atoms with Crippen molar-refractivity contribution in [3.8, 4) is 0 Å². The van der Waals surface area contributed by atoms with E-state index in [0.29, 0.717) is 54.5 Å². The van der Waals surface area contributed by atoms with Crippen LogP contribution in [0.5, 0.6) is 0 Å². The van der Waals surface area contributed by atoms with Crippen LogP contribution in [0.25, 0.3) is 0 Å². The molecular formula is C61H80N10O14S. The molecule has 0 saturated carbocycles. The Hall–Kier alpha value is -8.68. The van der Waals surface area contributed by atoms with Crippen molar-refractivity contribution in [1.29, 1.82) is 0 Å². The van der Waals surface area contributed by atoms with Gasteiger partial charge in [0.05, 0.1) is 0 Å². The molecule has 0 bridgehead atoms. The first-order valence-electron chi connectivity index (χ1n) is 28.6. The second-order valence-electron chi connectivity index (χ2n) is 20.6. The Morgan fingerprint density at radius 1 is 0.337 bits per heavy atom. The highest BCUT2D eigenvalue weighted by molar-refractivity contribution is 7.80. The summed E-state index contributed by atoms with van der Waals surface area (Å²) in [6, 6.07) is 22.4. The Morgan fingerprint density at radius 2 is 0.593 bits per heavy atom. The SMILES string of the molecule is NCCCC[C@H](NC(=O)[C@H](Cc1ccccc1)NC(=O)[C@H](CCCCN)NC(=O)[C@H](Cc1ccccc1)NC(=O)[C@H](CCC(=O)O)NC(=O)[C@H](Cc1ccccc1)NC(=O)[C@H](CCC(=O)O)NC(=O)[C@H](Cc1ccccc1)NC(=O)CCS)C(=O)O. The predicted octanol–water partition coefficient (Wildman–Crippen LogP) is 1.23. The van der Waals surface area contributed by atoms with E-state index >= 15 is 0 Å². The molecule has 0 radical (unpaired) electrons. The first-order valence-corrected chi connectivity index (χ1v) is 29.2. The summed E-state index contributed by atoms with van der Waals surface area (Å²) in [5.41, 5.74) is 13.7. The van der Waals surface area contributed by atoms with Gasteiger partial charge in [0.25, 0.3) is 0 Å². The van der Waals surface area contributed by atoms with Gasteiger partial charge in [-0.05, 0) is 92.5 Å². The fourth-order valence-electron chi connectivity index (χ4n) is 9.10. The van der Waals surface area contributed by atoms with Crippen molar-refractivity contribution in [1.82, 2.24) is 42.5 Å². The van der Waals surface area contributed by atoms with Crippen molar-refractivity contribution in [3.63, 3.8) is 0 Å². The van der Waals surface area contributed by atoms with E-state index in [0.717, 1.165) is 0 Å². The number of nitrogens with one attached hydrogen (secondary N) is 8. The maximum Gasteiger partial charge on any atom is 0.326 e. The Morgan fingerprint density at radius 3 is 0.872 bits per heavy atom. The Kier molecular flexibility index (Phi) is 31.1. The molecule has 0 aliphatic rings. The predicted molar refractivity (Wildman–Crippen MR) is 322 cm³/mol. The van der Waals surface area contributed by atoms with Crippen molar-refractivity contribution in [2.24, 2.45) is 11.5 Å². The fraction of sp³-hybridized carbons (Fsp3) is 0.426. The minimum absolute atomic E-state index is 0.00873. The average Bonchev–Trinajstić information content (AvgIpc) is 3.35. The van der Waals surface area contributed by atoms with Crippen molar-refractivity contribution < 1.29 is 68.1 Å². The van der Waals surface area contributed by atoms with E-state index in [1.807, 2.05) is 0 Å². The van der Waals surface area contributed by atoms with Gasteiger partial charge in [-0.3, -0.25) is 47.9 Å². The highest BCUT2D eigenvalue weighted by Gasteiger charge is 2.36. The number of unbranched alkanes of at least 4 members (excludes halogenated alkanes) is 2. The molecule has 0 aromatic heterocycles. The minimum atomic E-state index is -1.70. The van der Waals surface area contributed by atoms with Gasteiger partial charge in [-0.15, -0.1) is 0 Å². The molecule has 0 aliphatic heterocycles. The first kappa shape index (κ1) is 69.8. The van der Waals surface area contributed by atoms with Crippen molar-refractivity contribution in [3.05, 3.63) is 144 Å². The van der Waals surface area contributed by atoms with Gasteiger partial charge in [0, 0.05) is 44.9 Å². The van der Waals surface area contributed by atoms with Gasteiger partial charge in [-0.2, -0.15) is 12.6 Å². The monoisotopic (exact) mass is 1210 g/mol. The molecule has 4 aromatic carbocycles. The number of hydrogen-bond acceptors (Lipinski definition) is 14. The normalized spacial score (nSPS) is 13.7. The van der Waals surface area contributed by atoms with E-state index in [1.54, 1.807) is 121 Å². The molecule has 0 heterocycles. The molecule has 0 spiro atoms. The lowest BCUT2D eigenvalue weighted by molar-refractivity contribution is -0.142. The third-order valence-electron chi connectivity index (χ3n) is 13.7. The van der Waals surface area contributed by atoms with Crippen LogP contribution in [-0.4, -0.2) is 148 Å². The second-order valence-corrected chi connectivity index (χ2v) is 21.0. The average molecular weight is 1210 g/mol. The highest BCUT2D eigenvalue weighted by atomic mass is 32.1. The summed E-state index contributed by atoms with van der Waals surface area (Å²) in [5, 5.41) is 50.4. The number of benzene rings is 4. The van der Waals surface area contributed by atoms with Crippen LogP contribution in [0.1, 0.15) is 92.9 Å². The number of nitrogens with two attached hydrogens (primary N) is 2. The summed E-state index contributed by atoms with van der Waals surface area (Å²) in [5.74, 6) is -10.7. The molecule has 4 rings (SSSR count). The van der Waals surface area contributed by atoms with Crippen LogP contribution >= 0.6 is 12.6 Å². The zero-order valence-corrected chi connectivity index (χ0v) is 48.7. The van der Waals surface area contributed by atoms with Crippen molar-refractivity contribution in [2.75, 3.05) is 18.8 Å². The molecule has 15 N–H and O–H groups in total. The molecule has 464 valence electrons. The Labute approximate surface area is 504 Å². The molecule has 0 unspecified atom stereocenters. The lowest BCUT2D eigenvalue weighted by Gasteiger charge is -2.28.